The van der Waals surface area contributed by atoms with Gasteiger partial charge in [0, 0.05) is 42.5 Å². The van der Waals surface area contributed by atoms with E-state index in [-0.39, 0.29) is 11.1 Å². The van der Waals surface area contributed by atoms with Gasteiger partial charge in [-0.15, -0.1) is 0 Å². The molecule has 1 aliphatic rings. The zero-order valence-corrected chi connectivity index (χ0v) is 21.6. The number of hydrogen-bond acceptors (Lipinski definition) is 5. The molecule has 5 nitrogen and oxygen atoms in total. The van der Waals surface area contributed by atoms with Gasteiger partial charge in [-0.25, -0.2) is 0 Å². The first-order valence-electron chi connectivity index (χ1n) is 12.2. The van der Waals surface area contributed by atoms with E-state index in [1.807, 2.05) is 12.1 Å². The van der Waals surface area contributed by atoms with Crippen LogP contribution in [0.2, 0.25) is 0 Å². The summed E-state index contributed by atoms with van der Waals surface area (Å²) in [7, 11) is 3.33. The second-order valence-corrected chi connectivity index (χ2v) is 10.2. The van der Waals surface area contributed by atoms with E-state index in [1.54, 1.807) is 14.2 Å². The summed E-state index contributed by atoms with van der Waals surface area (Å²) >= 11 is 0. The van der Waals surface area contributed by atoms with Crippen LogP contribution in [-0.4, -0.2) is 49.9 Å². The van der Waals surface area contributed by atoms with E-state index in [9.17, 15) is 0 Å². The van der Waals surface area contributed by atoms with Gasteiger partial charge < -0.3 is 19.1 Å². The van der Waals surface area contributed by atoms with Gasteiger partial charge in [0.05, 0.1) is 14.2 Å². The molecule has 1 saturated heterocycles. The first-order chi connectivity index (χ1) is 15.7. The van der Waals surface area contributed by atoms with Gasteiger partial charge in [0.15, 0.2) is 11.5 Å². The highest BCUT2D eigenvalue weighted by molar-refractivity contribution is 5.56. The maximum Gasteiger partial charge on any atom is 0.162 e. The summed E-state index contributed by atoms with van der Waals surface area (Å²) < 4.78 is 17.0. The van der Waals surface area contributed by atoms with Crippen LogP contribution in [0.15, 0.2) is 42.5 Å². The smallest absolute Gasteiger partial charge is 0.162 e. The van der Waals surface area contributed by atoms with Gasteiger partial charge in [-0.3, -0.25) is 4.90 Å². The highest BCUT2D eigenvalue weighted by atomic mass is 16.5. The summed E-state index contributed by atoms with van der Waals surface area (Å²) in [4.78, 5) is 4.94. The fourth-order valence-electron chi connectivity index (χ4n) is 5.22. The third kappa shape index (κ3) is 6.14. The standard InChI is InChI=1S/C28H42N2O3/c1-8-29(23-12-15-25(31-6)26(20-23)32-7)21-22-10-13-24(14-11-22)33-19-18-30-27(2,3)16-9-17-28(30,4)5/h10-15,20H,8-9,16-19,21H2,1-7H3. The lowest BCUT2D eigenvalue weighted by Gasteiger charge is -2.53. The Kier molecular flexibility index (Phi) is 8.17. The average molecular weight is 455 g/mol. The number of ether oxygens (including phenoxy) is 3. The van der Waals surface area contributed by atoms with Crippen LogP contribution in [0.4, 0.5) is 5.69 Å². The molecule has 0 saturated carbocycles. The van der Waals surface area contributed by atoms with Crippen LogP contribution in [-0.2, 0) is 6.54 Å². The number of piperidine rings is 1. The molecule has 33 heavy (non-hydrogen) atoms. The van der Waals surface area contributed by atoms with E-state index in [4.69, 9.17) is 14.2 Å². The molecule has 3 rings (SSSR count). The molecule has 2 aromatic rings. The Bertz CT molecular complexity index is 877. The molecule has 5 heteroatoms. The van der Waals surface area contributed by atoms with E-state index in [1.165, 1.54) is 24.8 Å². The molecule has 0 aromatic heterocycles. The lowest BCUT2D eigenvalue weighted by molar-refractivity contribution is -0.0340. The van der Waals surface area contributed by atoms with Crippen molar-refractivity contribution in [3.8, 4) is 17.2 Å². The number of rotatable bonds is 10. The number of anilines is 1. The zero-order chi connectivity index (χ0) is 24.1. The monoisotopic (exact) mass is 454 g/mol. The fourth-order valence-corrected chi connectivity index (χ4v) is 5.22. The third-order valence-corrected chi connectivity index (χ3v) is 7.03. The third-order valence-electron chi connectivity index (χ3n) is 7.03. The van der Waals surface area contributed by atoms with Crippen molar-refractivity contribution in [2.75, 3.05) is 38.8 Å². The van der Waals surface area contributed by atoms with Crippen molar-refractivity contribution in [1.29, 1.82) is 0 Å². The van der Waals surface area contributed by atoms with Crippen molar-refractivity contribution in [2.45, 2.75) is 71.5 Å². The quantitative estimate of drug-likeness (QED) is 0.430. The Balaban J connectivity index is 1.58. The fraction of sp³-hybridized carbons (Fsp3) is 0.571. The molecule has 0 aliphatic carbocycles. The van der Waals surface area contributed by atoms with E-state index in [0.29, 0.717) is 6.61 Å². The first-order valence-corrected chi connectivity index (χ1v) is 12.2. The van der Waals surface area contributed by atoms with Crippen LogP contribution in [0.3, 0.4) is 0 Å². The lowest BCUT2D eigenvalue weighted by atomic mass is 9.80. The van der Waals surface area contributed by atoms with Crippen LogP contribution in [0.25, 0.3) is 0 Å². The topological polar surface area (TPSA) is 34.2 Å². The highest BCUT2D eigenvalue weighted by Crippen LogP contribution is 2.38. The highest BCUT2D eigenvalue weighted by Gasteiger charge is 2.40. The molecule has 0 N–H and O–H groups in total. The van der Waals surface area contributed by atoms with Gasteiger partial charge in [-0.05, 0) is 83.7 Å². The predicted molar refractivity (Wildman–Crippen MR) is 137 cm³/mol. The molecular formula is C28H42N2O3. The minimum atomic E-state index is 0.225. The Labute approximate surface area is 200 Å². The largest absolute Gasteiger partial charge is 0.493 e. The summed E-state index contributed by atoms with van der Waals surface area (Å²) in [6, 6.07) is 14.6. The second-order valence-electron chi connectivity index (χ2n) is 10.2. The number of benzene rings is 2. The number of likely N-dealkylation sites (tertiary alicyclic amines) is 1. The molecule has 0 spiro atoms. The first kappa shape index (κ1) is 25.2. The minimum absolute atomic E-state index is 0.225. The molecule has 182 valence electrons. The summed E-state index contributed by atoms with van der Waals surface area (Å²) in [6.07, 6.45) is 3.80. The van der Waals surface area contributed by atoms with Gasteiger partial charge in [-0.2, -0.15) is 0 Å². The Morgan fingerprint density at radius 3 is 2.09 bits per heavy atom. The zero-order valence-electron chi connectivity index (χ0n) is 21.6. The van der Waals surface area contributed by atoms with Crippen LogP contribution < -0.4 is 19.1 Å². The van der Waals surface area contributed by atoms with Crippen LogP contribution in [0.5, 0.6) is 17.2 Å². The predicted octanol–water partition coefficient (Wildman–Crippen LogP) is 6.15. The van der Waals surface area contributed by atoms with Gasteiger partial charge in [-0.1, -0.05) is 12.1 Å². The molecule has 2 aromatic carbocycles. The molecule has 0 unspecified atom stereocenters. The van der Waals surface area contributed by atoms with E-state index < -0.39 is 0 Å². The summed E-state index contributed by atoms with van der Waals surface area (Å²) in [6.45, 7) is 15.0. The number of methoxy groups -OCH3 is 2. The maximum atomic E-state index is 6.14. The molecule has 0 amide bonds. The molecule has 0 bridgehead atoms. The van der Waals surface area contributed by atoms with Gasteiger partial charge >= 0.3 is 0 Å². The Hall–Kier alpha value is -2.40. The molecule has 1 aliphatic heterocycles. The second kappa shape index (κ2) is 10.7. The minimum Gasteiger partial charge on any atom is -0.493 e. The average Bonchev–Trinajstić information content (AvgIpc) is 2.79. The molecular weight excluding hydrogens is 412 g/mol. The molecule has 1 fully saturated rings. The van der Waals surface area contributed by atoms with E-state index >= 15 is 0 Å². The normalized spacial score (nSPS) is 17.4. The van der Waals surface area contributed by atoms with Crippen molar-refractivity contribution >= 4 is 5.69 Å². The van der Waals surface area contributed by atoms with Crippen molar-refractivity contribution < 1.29 is 14.2 Å². The molecule has 1 heterocycles. The number of hydrogen-bond donors (Lipinski definition) is 0. The Morgan fingerprint density at radius 1 is 0.879 bits per heavy atom. The molecule has 0 radical (unpaired) electrons. The Morgan fingerprint density at radius 2 is 1.52 bits per heavy atom. The molecule has 0 atom stereocenters. The van der Waals surface area contributed by atoms with Gasteiger partial charge in [0.2, 0.25) is 0 Å². The number of nitrogens with zero attached hydrogens (tertiary/aromatic N) is 2. The van der Waals surface area contributed by atoms with E-state index in [0.717, 1.165) is 42.6 Å². The van der Waals surface area contributed by atoms with Gasteiger partial charge in [0.1, 0.15) is 12.4 Å². The summed E-state index contributed by atoms with van der Waals surface area (Å²) in [5, 5.41) is 0. The summed E-state index contributed by atoms with van der Waals surface area (Å²) in [5.41, 5.74) is 2.81. The van der Waals surface area contributed by atoms with Crippen molar-refractivity contribution in [1.82, 2.24) is 4.90 Å². The van der Waals surface area contributed by atoms with Crippen LogP contribution >= 0.6 is 0 Å². The van der Waals surface area contributed by atoms with Crippen molar-refractivity contribution in [2.24, 2.45) is 0 Å². The van der Waals surface area contributed by atoms with Crippen molar-refractivity contribution in [3.05, 3.63) is 48.0 Å². The SMILES string of the molecule is CCN(Cc1ccc(OCCN2C(C)(C)CCCC2(C)C)cc1)c1ccc(OC)c(OC)c1. The van der Waals surface area contributed by atoms with E-state index in [2.05, 4.69) is 74.8 Å². The van der Waals surface area contributed by atoms with Crippen LogP contribution in [0.1, 0.15) is 59.4 Å². The van der Waals surface area contributed by atoms with Crippen LogP contribution in [0, 0.1) is 0 Å². The summed E-state index contributed by atoms with van der Waals surface area (Å²) in [5.74, 6) is 2.42. The lowest BCUT2D eigenvalue weighted by Crippen LogP contribution is -2.59. The maximum absolute atomic E-state index is 6.14. The van der Waals surface area contributed by atoms with Crippen molar-refractivity contribution in [3.63, 3.8) is 0 Å². The van der Waals surface area contributed by atoms with Gasteiger partial charge in [0.25, 0.3) is 0 Å².